The molecule has 0 aliphatic heterocycles. The molecule has 0 aromatic rings. The molecule has 19 heavy (non-hydrogen) atoms. The first-order valence-electron chi connectivity index (χ1n) is 7.98. The van der Waals surface area contributed by atoms with Crippen molar-refractivity contribution >= 4 is 10.1 Å². The molecular formula is C15H30O3S. The summed E-state index contributed by atoms with van der Waals surface area (Å²) >= 11 is 0. The zero-order valence-corrected chi connectivity index (χ0v) is 13.1. The molecule has 2 aliphatic rings. The van der Waals surface area contributed by atoms with Crippen molar-refractivity contribution in [1.82, 2.24) is 0 Å². The Kier molecular flexibility index (Phi) is 8.00. The van der Waals surface area contributed by atoms with Crippen LogP contribution in [-0.4, -0.2) is 18.7 Å². The Hall–Kier alpha value is -0.0900. The third kappa shape index (κ3) is 7.93. The maximum atomic E-state index is 10.1. The average Bonchev–Trinajstić information content (AvgIpc) is 2.39. The number of hydrogen-bond acceptors (Lipinski definition) is 2. The molecule has 3 nitrogen and oxygen atoms in total. The Morgan fingerprint density at radius 3 is 1.63 bits per heavy atom. The van der Waals surface area contributed by atoms with Crippen LogP contribution in [0.25, 0.3) is 0 Å². The summed E-state index contributed by atoms with van der Waals surface area (Å²) in [6.07, 6.45) is 14.7. The summed E-state index contributed by atoms with van der Waals surface area (Å²) in [5, 5.41) is 0. The van der Waals surface area contributed by atoms with E-state index in [0.717, 1.165) is 24.7 Å². The smallest absolute Gasteiger partial charge is 0.264 e. The molecule has 0 spiro atoms. The van der Waals surface area contributed by atoms with Crippen LogP contribution in [0.1, 0.15) is 77.6 Å². The molecule has 1 N–H and O–H groups in total. The van der Waals surface area contributed by atoms with Crippen molar-refractivity contribution < 1.29 is 13.0 Å². The van der Waals surface area contributed by atoms with Crippen LogP contribution in [0.5, 0.6) is 0 Å². The molecule has 0 saturated heterocycles. The molecule has 0 atom stereocenters. The quantitative estimate of drug-likeness (QED) is 0.615. The van der Waals surface area contributed by atoms with Crippen LogP contribution in [0.2, 0.25) is 0 Å². The highest BCUT2D eigenvalue weighted by molar-refractivity contribution is 7.85. The van der Waals surface area contributed by atoms with Crippen LogP contribution in [0.3, 0.4) is 0 Å². The van der Waals surface area contributed by atoms with E-state index >= 15 is 0 Å². The predicted molar refractivity (Wildman–Crippen MR) is 79.9 cm³/mol. The molecule has 0 amide bonds. The molecule has 0 radical (unpaired) electrons. The lowest BCUT2D eigenvalue weighted by molar-refractivity contribution is 0.171. The highest BCUT2D eigenvalue weighted by Crippen LogP contribution is 2.39. The van der Waals surface area contributed by atoms with Gasteiger partial charge in [-0.05, 0) is 18.3 Å². The molecule has 2 saturated carbocycles. The standard InChI is InChI=1S/C10H18.C5H12O3S/c1-2-6-10-8-4-3-7-9(10)5-1;1-2-3-4-5-9(6,7)8/h9-10H,1-8H2;2-5H2,1H3,(H,6,7,8). The number of unbranched alkanes of at least 4 members (excludes halogenated alkanes) is 2. The van der Waals surface area contributed by atoms with Gasteiger partial charge in [-0.2, -0.15) is 8.42 Å². The van der Waals surface area contributed by atoms with Crippen LogP contribution < -0.4 is 0 Å². The van der Waals surface area contributed by atoms with Crippen molar-refractivity contribution in [3.8, 4) is 0 Å². The average molecular weight is 290 g/mol. The molecule has 4 heteroatoms. The van der Waals surface area contributed by atoms with E-state index in [9.17, 15) is 8.42 Å². The summed E-state index contributed by atoms with van der Waals surface area (Å²) in [4.78, 5) is 0. The van der Waals surface area contributed by atoms with Gasteiger partial charge in [0.1, 0.15) is 0 Å². The summed E-state index contributed by atoms with van der Waals surface area (Å²) < 4.78 is 28.3. The summed E-state index contributed by atoms with van der Waals surface area (Å²) in [5.74, 6) is 2.21. The van der Waals surface area contributed by atoms with Crippen molar-refractivity contribution in [3.63, 3.8) is 0 Å². The zero-order valence-electron chi connectivity index (χ0n) is 12.3. The van der Waals surface area contributed by atoms with E-state index in [1.807, 2.05) is 6.92 Å². The van der Waals surface area contributed by atoms with Crippen molar-refractivity contribution in [1.29, 1.82) is 0 Å². The SMILES string of the molecule is C1CCC2CCCCC2C1.CCCCCS(=O)(=O)O. The molecule has 0 heterocycles. The fourth-order valence-corrected chi connectivity index (χ4v) is 3.96. The maximum absolute atomic E-state index is 10.1. The summed E-state index contributed by atoms with van der Waals surface area (Å²) in [7, 11) is -3.70. The van der Waals surface area contributed by atoms with Gasteiger partial charge in [0.2, 0.25) is 0 Å². The fraction of sp³-hybridized carbons (Fsp3) is 1.00. The van der Waals surface area contributed by atoms with Crippen molar-refractivity contribution in [2.24, 2.45) is 11.8 Å². The second kappa shape index (κ2) is 8.96. The number of hydrogen-bond donors (Lipinski definition) is 1. The first-order valence-corrected chi connectivity index (χ1v) is 9.59. The fourth-order valence-electron chi connectivity index (χ4n) is 3.39. The molecule has 0 aromatic heterocycles. The van der Waals surface area contributed by atoms with Gasteiger partial charge in [0.15, 0.2) is 0 Å². The van der Waals surface area contributed by atoms with Crippen LogP contribution >= 0.6 is 0 Å². The Morgan fingerprint density at radius 2 is 1.32 bits per heavy atom. The van der Waals surface area contributed by atoms with Crippen molar-refractivity contribution in [2.45, 2.75) is 77.6 Å². The first-order chi connectivity index (χ1) is 9.03. The normalized spacial score (nSPS) is 27.1. The lowest BCUT2D eigenvalue weighted by atomic mass is 9.71. The lowest BCUT2D eigenvalue weighted by Gasteiger charge is -2.35. The Balaban J connectivity index is 0.000000192. The van der Waals surface area contributed by atoms with Gasteiger partial charge in [-0.15, -0.1) is 0 Å². The van der Waals surface area contributed by atoms with E-state index in [4.69, 9.17) is 4.55 Å². The first kappa shape index (κ1) is 17.0. The van der Waals surface area contributed by atoms with Gasteiger partial charge >= 0.3 is 0 Å². The van der Waals surface area contributed by atoms with E-state index in [1.165, 1.54) is 25.7 Å². The van der Waals surface area contributed by atoms with Gasteiger partial charge in [0, 0.05) is 0 Å². The minimum Gasteiger partial charge on any atom is -0.286 e. The highest BCUT2D eigenvalue weighted by atomic mass is 32.2. The minimum absolute atomic E-state index is 0.0964. The molecule has 0 aromatic carbocycles. The summed E-state index contributed by atoms with van der Waals surface area (Å²) in [6.45, 7) is 1.98. The second-order valence-corrected chi connectivity index (χ2v) is 7.65. The Morgan fingerprint density at radius 1 is 0.895 bits per heavy atom. The number of rotatable bonds is 4. The largest absolute Gasteiger partial charge is 0.286 e. The summed E-state index contributed by atoms with van der Waals surface area (Å²) in [5.41, 5.74) is 0. The van der Waals surface area contributed by atoms with Crippen LogP contribution in [-0.2, 0) is 10.1 Å². The lowest BCUT2D eigenvalue weighted by Crippen LogP contribution is -2.22. The van der Waals surface area contributed by atoms with Crippen LogP contribution in [0.15, 0.2) is 0 Å². The van der Waals surface area contributed by atoms with Gasteiger partial charge < -0.3 is 0 Å². The monoisotopic (exact) mass is 290 g/mol. The maximum Gasteiger partial charge on any atom is 0.264 e. The van der Waals surface area contributed by atoms with E-state index < -0.39 is 10.1 Å². The molecule has 2 fully saturated rings. The van der Waals surface area contributed by atoms with Gasteiger partial charge in [0.25, 0.3) is 10.1 Å². The highest BCUT2D eigenvalue weighted by Gasteiger charge is 2.26. The molecule has 0 unspecified atom stereocenters. The van der Waals surface area contributed by atoms with E-state index in [0.29, 0.717) is 6.42 Å². The van der Waals surface area contributed by atoms with Gasteiger partial charge in [-0.3, -0.25) is 4.55 Å². The van der Waals surface area contributed by atoms with Gasteiger partial charge in [-0.25, -0.2) is 0 Å². The predicted octanol–water partition coefficient (Wildman–Crippen LogP) is 4.43. The molecule has 2 aliphatic carbocycles. The Bertz CT molecular complexity index is 298. The third-order valence-electron chi connectivity index (χ3n) is 4.47. The van der Waals surface area contributed by atoms with Crippen molar-refractivity contribution in [2.75, 3.05) is 5.75 Å². The van der Waals surface area contributed by atoms with E-state index in [2.05, 4.69) is 0 Å². The van der Waals surface area contributed by atoms with Gasteiger partial charge in [-0.1, -0.05) is 71.1 Å². The zero-order chi connectivity index (χ0) is 14.1. The molecule has 2 rings (SSSR count). The molecule has 114 valence electrons. The van der Waals surface area contributed by atoms with Crippen LogP contribution in [0, 0.1) is 11.8 Å². The minimum atomic E-state index is -3.70. The summed E-state index contributed by atoms with van der Waals surface area (Å²) in [6, 6.07) is 0. The van der Waals surface area contributed by atoms with Crippen molar-refractivity contribution in [3.05, 3.63) is 0 Å². The van der Waals surface area contributed by atoms with Crippen LogP contribution in [0.4, 0.5) is 0 Å². The molecule has 0 bridgehead atoms. The Labute approximate surface area is 118 Å². The van der Waals surface area contributed by atoms with E-state index in [1.54, 1.807) is 25.7 Å². The second-order valence-electron chi connectivity index (χ2n) is 6.08. The van der Waals surface area contributed by atoms with Gasteiger partial charge in [0.05, 0.1) is 5.75 Å². The third-order valence-corrected chi connectivity index (χ3v) is 5.28. The van der Waals surface area contributed by atoms with E-state index in [-0.39, 0.29) is 5.75 Å². The topological polar surface area (TPSA) is 54.4 Å². The number of fused-ring (bicyclic) bond motifs is 1. The molecular weight excluding hydrogens is 260 g/mol.